The van der Waals surface area contributed by atoms with Crippen LogP contribution in [-0.4, -0.2) is 28.9 Å². The van der Waals surface area contributed by atoms with Gasteiger partial charge in [0.25, 0.3) is 0 Å². The van der Waals surface area contributed by atoms with Crippen LogP contribution in [0.15, 0.2) is 4.52 Å². The molecule has 0 aliphatic carbocycles. The molecule has 2 heterocycles. The van der Waals surface area contributed by atoms with Crippen LogP contribution in [0.3, 0.4) is 0 Å². The topological polar surface area (TPSA) is 60.2 Å². The van der Waals surface area contributed by atoms with Gasteiger partial charge in [-0.3, -0.25) is 0 Å². The number of ether oxygens (including phenoxy) is 1. The van der Waals surface area contributed by atoms with Gasteiger partial charge in [-0.25, -0.2) is 0 Å². The molecule has 2 rings (SSSR count). The molecule has 0 radical (unpaired) electrons. The van der Waals surface area contributed by atoms with Crippen LogP contribution < -0.4 is 5.32 Å². The first kappa shape index (κ1) is 9.61. The van der Waals surface area contributed by atoms with Gasteiger partial charge in [0.05, 0.1) is 13.2 Å². The molecular formula is C9H15N3O2. The second-order valence-electron chi connectivity index (χ2n) is 3.95. The summed E-state index contributed by atoms with van der Waals surface area (Å²) in [6, 6.07) is 0. The van der Waals surface area contributed by atoms with Gasteiger partial charge in [-0.2, -0.15) is 4.98 Å². The number of hydrogen-bond acceptors (Lipinski definition) is 5. The summed E-state index contributed by atoms with van der Waals surface area (Å²) in [5, 5.41) is 7.20. The van der Waals surface area contributed by atoms with E-state index in [-0.39, 0.29) is 5.54 Å². The molecule has 5 heteroatoms. The van der Waals surface area contributed by atoms with Gasteiger partial charge in [-0.1, -0.05) is 5.16 Å². The van der Waals surface area contributed by atoms with Crippen molar-refractivity contribution in [2.24, 2.45) is 0 Å². The molecule has 0 bridgehead atoms. The van der Waals surface area contributed by atoms with Crippen LogP contribution in [0.2, 0.25) is 0 Å². The Kier molecular flexibility index (Phi) is 2.52. The third-order valence-corrected chi connectivity index (χ3v) is 2.46. The minimum Gasteiger partial charge on any atom is -0.379 e. The fourth-order valence-electron chi connectivity index (χ4n) is 1.51. The summed E-state index contributed by atoms with van der Waals surface area (Å²) in [6.07, 6.45) is 1.03. The maximum atomic E-state index is 5.33. The van der Waals surface area contributed by atoms with Crippen molar-refractivity contribution in [3.8, 4) is 0 Å². The lowest BCUT2D eigenvalue weighted by Gasteiger charge is -2.22. The predicted molar refractivity (Wildman–Crippen MR) is 49.7 cm³/mol. The van der Waals surface area contributed by atoms with Crippen molar-refractivity contribution in [3.63, 3.8) is 0 Å². The van der Waals surface area contributed by atoms with E-state index in [4.69, 9.17) is 9.26 Å². The van der Waals surface area contributed by atoms with E-state index in [0.717, 1.165) is 19.6 Å². The fraction of sp³-hybridized carbons (Fsp3) is 0.778. The lowest BCUT2D eigenvalue weighted by Crippen LogP contribution is -2.42. The van der Waals surface area contributed by atoms with Crippen molar-refractivity contribution in [1.82, 2.24) is 15.5 Å². The van der Waals surface area contributed by atoms with Gasteiger partial charge in [0, 0.05) is 19.1 Å². The van der Waals surface area contributed by atoms with E-state index in [1.807, 2.05) is 0 Å². The van der Waals surface area contributed by atoms with E-state index in [1.54, 1.807) is 6.92 Å². The molecule has 1 N–H and O–H groups in total. The lowest BCUT2D eigenvalue weighted by atomic mass is 10.0. The molecule has 1 atom stereocenters. The first-order chi connectivity index (χ1) is 6.68. The first-order valence-electron chi connectivity index (χ1n) is 4.80. The van der Waals surface area contributed by atoms with Crippen LogP contribution >= 0.6 is 0 Å². The van der Waals surface area contributed by atoms with Gasteiger partial charge in [0.15, 0.2) is 5.82 Å². The van der Waals surface area contributed by atoms with Crippen LogP contribution in [0.1, 0.15) is 25.1 Å². The number of aromatic nitrogens is 2. The summed E-state index contributed by atoms with van der Waals surface area (Å²) in [7, 11) is 0. The van der Waals surface area contributed by atoms with Crippen molar-refractivity contribution in [1.29, 1.82) is 0 Å². The first-order valence-corrected chi connectivity index (χ1v) is 4.80. The summed E-state index contributed by atoms with van der Waals surface area (Å²) >= 11 is 0. The SMILES string of the molecule is Cc1nc(CNC2(C)CCOC2)no1. The molecule has 1 unspecified atom stereocenters. The van der Waals surface area contributed by atoms with Crippen LogP contribution in [0.25, 0.3) is 0 Å². The van der Waals surface area contributed by atoms with E-state index in [1.165, 1.54) is 0 Å². The molecule has 1 aliphatic rings. The van der Waals surface area contributed by atoms with Crippen molar-refractivity contribution < 1.29 is 9.26 Å². The van der Waals surface area contributed by atoms with E-state index < -0.39 is 0 Å². The smallest absolute Gasteiger partial charge is 0.223 e. The third kappa shape index (κ3) is 2.10. The molecule has 14 heavy (non-hydrogen) atoms. The molecule has 1 fully saturated rings. The van der Waals surface area contributed by atoms with E-state index in [9.17, 15) is 0 Å². The number of rotatable bonds is 3. The second kappa shape index (κ2) is 3.67. The summed E-state index contributed by atoms with van der Waals surface area (Å²) in [5.74, 6) is 1.31. The van der Waals surface area contributed by atoms with Crippen molar-refractivity contribution in [2.45, 2.75) is 32.4 Å². The molecule has 1 saturated heterocycles. The Balaban J connectivity index is 1.87. The zero-order chi connectivity index (χ0) is 10.0. The predicted octanol–water partition coefficient (Wildman–Crippen LogP) is 0.647. The number of aryl methyl sites for hydroxylation is 1. The summed E-state index contributed by atoms with van der Waals surface area (Å²) < 4.78 is 10.2. The van der Waals surface area contributed by atoms with Crippen molar-refractivity contribution in [2.75, 3.05) is 13.2 Å². The average Bonchev–Trinajstić information content (AvgIpc) is 2.73. The highest BCUT2D eigenvalue weighted by molar-refractivity contribution is 4.91. The zero-order valence-electron chi connectivity index (χ0n) is 8.54. The highest BCUT2D eigenvalue weighted by Crippen LogP contribution is 2.17. The molecule has 1 aromatic heterocycles. The maximum absolute atomic E-state index is 5.33. The highest BCUT2D eigenvalue weighted by Gasteiger charge is 2.29. The fourth-order valence-corrected chi connectivity index (χ4v) is 1.51. The molecule has 1 aliphatic heterocycles. The Labute approximate surface area is 82.8 Å². The van der Waals surface area contributed by atoms with Crippen LogP contribution in [0.5, 0.6) is 0 Å². The summed E-state index contributed by atoms with van der Waals surface area (Å²) in [5.41, 5.74) is 0.0640. The van der Waals surface area contributed by atoms with Crippen LogP contribution in [0.4, 0.5) is 0 Å². The Morgan fingerprint density at radius 3 is 3.00 bits per heavy atom. The largest absolute Gasteiger partial charge is 0.379 e. The zero-order valence-corrected chi connectivity index (χ0v) is 8.54. The molecular weight excluding hydrogens is 182 g/mol. The molecule has 1 aromatic rings. The monoisotopic (exact) mass is 197 g/mol. The molecule has 0 spiro atoms. The maximum Gasteiger partial charge on any atom is 0.223 e. The normalized spacial score (nSPS) is 27.0. The Morgan fingerprint density at radius 2 is 2.43 bits per heavy atom. The number of hydrogen-bond donors (Lipinski definition) is 1. The van der Waals surface area contributed by atoms with Crippen molar-refractivity contribution in [3.05, 3.63) is 11.7 Å². The molecule has 5 nitrogen and oxygen atoms in total. The third-order valence-electron chi connectivity index (χ3n) is 2.46. The molecule has 0 amide bonds. The average molecular weight is 197 g/mol. The van der Waals surface area contributed by atoms with Gasteiger partial charge in [0.1, 0.15) is 0 Å². The van der Waals surface area contributed by atoms with Gasteiger partial charge in [0.2, 0.25) is 5.89 Å². The van der Waals surface area contributed by atoms with Gasteiger partial charge < -0.3 is 14.6 Å². The van der Waals surface area contributed by atoms with E-state index in [0.29, 0.717) is 18.3 Å². The minimum atomic E-state index is 0.0640. The van der Waals surface area contributed by atoms with Gasteiger partial charge >= 0.3 is 0 Å². The molecule has 0 saturated carbocycles. The number of nitrogens with one attached hydrogen (secondary N) is 1. The van der Waals surface area contributed by atoms with Crippen molar-refractivity contribution >= 4 is 0 Å². The van der Waals surface area contributed by atoms with Gasteiger partial charge in [-0.05, 0) is 13.3 Å². The highest BCUT2D eigenvalue weighted by atomic mass is 16.5. The Bertz CT molecular complexity index is 305. The quantitative estimate of drug-likeness (QED) is 0.770. The van der Waals surface area contributed by atoms with Crippen LogP contribution in [-0.2, 0) is 11.3 Å². The standard InChI is InChI=1S/C9H15N3O2/c1-7-11-8(12-14-7)5-10-9(2)3-4-13-6-9/h10H,3-6H2,1-2H3. The minimum absolute atomic E-state index is 0.0640. The lowest BCUT2D eigenvalue weighted by molar-refractivity contribution is 0.171. The molecule has 0 aromatic carbocycles. The Hall–Kier alpha value is -0.940. The Morgan fingerprint density at radius 1 is 1.57 bits per heavy atom. The van der Waals surface area contributed by atoms with Crippen LogP contribution in [0, 0.1) is 6.92 Å². The number of nitrogens with zero attached hydrogens (tertiary/aromatic N) is 2. The second-order valence-corrected chi connectivity index (χ2v) is 3.95. The van der Waals surface area contributed by atoms with Gasteiger partial charge in [-0.15, -0.1) is 0 Å². The van der Waals surface area contributed by atoms with E-state index in [2.05, 4.69) is 22.4 Å². The molecule has 78 valence electrons. The summed E-state index contributed by atoms with van der Waals surface area (Å²) in [4.78, 5) is 4.12. The van der Waals surface area contributed by atoms with E-state index >= 15 is 0 Å². The summed E-state index contributed by atoms with van der Waals surface area (Å²) in [6.45, 7) is 6.15.